The number of unbranched alkanes of at least 4 members (excludes halogenated alkanes) is 17. The standard InChI is InChI=1S/C34H67N/c1-5-7-9-11-13-14-15-16-17-18-19-20-21-22-23-25-27-29-31-34(32-33-35(3)4)30-28-26-24-12-10-8-6-2/h14-15,17-18,34H,5-13,16,19-33H2,1-4H3/b15-14-,18-17?. The molecule has 0 aliphatic rings. The molecule has 0 aromatic heterocycles. The van der Waals surface area contributed by atoms with Gasteiger partial charge in [-0.15, -0.1) is 0 Å². The Balaban J connectivity index is 3.60. The smallest absolute Gasteiger partial charge is 0.00222 e. The van der Waals surface area contributed by atoms with Crippen molar-refractivity contribution in [3.05, 3.63) is 24.3 Å². The van der Waals surface area contributed by atoms with Gasteiger partial charge in [0.15, 0.2) is 0 Å². The van der Waals surface area contributed by atoms with Crippen LogP contribution in [-0.4, -0.2) is 25.5 Å². The van der Waals surface area contributed by atoms with Gasteiger partial charge in [0.05, 0.1) is 0 Å². The Morgan fingerprint density at radius 2 is 0.857 bits per heavy atom. The lowest BCUT2D eigenvalue weighted by Gasteiger charge is -2.19. The van der Waals surface area contributed by atoms with Gasteiger partial charge in [0.1, 0.15) is 0 Å². The van der Waals surface area contributed by atoms with Crippen molar-refractivity contribution in [3.63, 3.8) is 0 Å². The van der Waals surface area contributed by atoms with E-state index in [1.807, 2.05) is 0 Å². The highest BCUT2D eigenvalue weighted by Crippen LogP contribution is 2.22. The Morgan fingerprint density at radius 3 is 1.31 bits per heavy atom. The van der Waals surface area contributed by atoms with E-state index >= 15 is 0 Å². The lowest BCUT2D eigenvalue weighted by Crippen LogP contribution is -2.17. The Labute approximate surface area is 223 Å². The summed E-state index contributed by atoms with van der Waals surface area (Å²) in [6, 6.07) is 0. The van der Waals surface area contributed by atoms with Gasteiger partial charge in [-0.3, -0.25) is 0 Å². The van der Waals surface area contributed by atoms with Crippen LogP contribution in [0.25, 0.3) is 0 Å². The van der Waals surface area contributed by atoms with Gasteiger partial charge in [-0.2, -0.15) is 0 Å². The molecule has 0 fully saturated rings. The number of hydrogen-bond donors (Lipinski definition) is 0. The van der Waals surface area contributed by atoms with Crippen LogP contribution in [0.3, 0.4) is 0 Å². The van der Waals surface area contributed by atoms with E-state index in [1.54, 1.807) is 0 Å². The molecular formula is C34H67N. The van der Waals surface area contributed by atoms with Gasteiger partial charge >= 0.3 is 0 Å². The molecule has 208 valence electrons. The first-order valence-electron chi connectivity index (χ1n) is 16.1. The molecule has 1 atom stereocenters. The largest absolute Gasteiger partial charge is 0.309 e. The van der Waals surface area contributed by atoms with Gasteiger partial charge in [-0.05, 0) is 65.1 Å². The molecule has 0 bridgehead atoms. The van der Waals surface area contributed by atoms with Gasteiger partial charge in [0.2, 0.25) is 0 Å². The second-order valence-electron chi connectivity index (χ2n) is 11.4. The summed E-state index contributed by atoms with van der Waals surface area (Å²) in [4.78, 5) is 2.37. The quantitative estimate of drug-likeness (QED) is 0.0780. The summed E-state index contributed by atoms with van der Waals surface area (Å²) in [7, 11) is 4.46. The molecule has 35 heavy (non-hydrogen) atoms. The fourth-order valence-corrected chi connectivity index (χ4v) is 5.04. The van der Waals surface area contributed by atoms with Gasteiger partial charge in [-0.1, -0.05) is 154 Å². The molecule has 0 aromatic rings. The van der Waals surface area contributed by atoms with Crippen molar-refractivity contribution in [2.45, 2.75) is 168 Å². The third-order valence-corrected chi connectivity index (χ3v) is 7.51. The normalized spacial score (nSPS) is 13.1. The molecule has 0 aromatic carbocycles. The van der Waals surface area contributed by atoms with E-state index in [0.717, 1.165) is 12.3 Å². The van der Waals surface area contributed by atoms with Gasteiger partial charge in [0.25, 0.3) is 0 Å². The number of rotatable bonds is 28. The van der Waals surface area contributed by atoms with Crippen LogP contribution >= 0.6 is 0 Å². The summed E-state index contributed by atoms with van der Waals surface area (Å²) in [6.45, 7) is 5.86. The summed E-state index contributed by atoms with van der Waals surface area (Å²) in [5, 5.41) is 0. The second-order valence-corrected chi connectivity index (χ2v) is 11.4. The predicted molar refractivity (Wildman–Crippen MR) is 162 cm³/mol. The monoisotopic (exact) mass is 490 g/mol. The zero-order valence-electron chi connectivity index (χ0n) is 25.0. The molecule has 0 heterocycles. The van der Waals surface area contributed by atoms with Crippen LogP contribution in [-0.2, 0) is 0 Å². The molecular weight excluding hydrogens is 422 g/mol. The first-order valence-corrected chi connectivity index (χ1v) is 16.1. The summed E-state index contributed by atoms with van der Waals surface area (Å²) in [5.41, 5.74) is 0. The molecule has 1 heteroatoms. The first kappa shape index (κ1) is 34.4. The lowest BCUT2D eigenvalue weighted by atomic mass is 9.91. The average molecular weight is 490 g/mol. The molecule has 1 nitrogen and oxygen atoms in total. The van der Waals surface area contributed by atoms with Crippen LogP contribution in [0.5, 0.6) is 0 Å². The molecule has 0 amide bonds. The molecule has 0 N–H and O–H groups in total. The molecule has 0 aliphatic heterocycles. The predicted octanol–water partition coefficient (Wildman–Crippen LogP) is 11.7. The minimum atomic E-state index is 0.968. The van der Waals surface area contributed by atoms with E-state index < -0.39 is 0 Å². The fourth-order valence-electron chi connectivity index (χ4n) is 5.04. The Morgan fingerprint density at radius 1 is 0.457 bits per heavy atom. The van der Waals surface area contributed by atoms with E-state index in [9.17, 15) is 0 Å². The van der Waals surface area contributed by atoms with E-state index in [-0.39, 0.29) is 0 Å². The van der Waals surface area contributed by atoms with Crippen molar-refractivity contribution in [3.8, 4) is 0 Å². The van der Waals surface area contributed by atoms with Crippen molar-refractivity contribution in [1.29, 1.82) is 0 Å². The maximum absolute atomic E-state index is 2.40. The van der Waals surface area contributed by atoms with Crippen molar-refractivity contribution in [2.24, 2.45) is 5.92 Å². The first-order chi connectivity index (χ1) is 17.2. The summed E-state index contributed by atoms with van der Waals surface area (Å²) >= 11 is 0. The minimum absolute atomic E-state index is 0.968. The molecule has 0 radical (unpaired) electrons. The molecule has 0 aliphatic carbocycles. The van der Waals surface area contributed by atoms with E-state index in [1.165, 1.54) is 154 Å². The number of nitrogens with zero attached hydrogens (tertiary/aromatic N) is 1. The average Bonchev–Trinajstić information content (AvgIpc) is 2.85. The van der Waals surface area contributed by atoms with Crippen molar-refractivity contribution in [1.82, 2.24) is 4.90 Å². The minimum Gasteiger partial charge on any atom is -0.309 e. The summed E-state index contributed by atoms with van der Waals surface area (Å²) < 4.78 is 0. The van der Waals surface area contributed by atoms with Crippen LogP contribution in [0.4, 0.5) is 0 Å². The SMILES string of the molecule is CCCCCC/C=C\CC=CCCCCCCCCCC(CCCCCCCCC)CCN(C)C. The van der Waals surface area contributed by atoms with Crippen LogP contribution < -0.4 is 0 Å². The van der Waals surface area contributed by atoms with Gasteiger partial charge < -0.3 is 4.90 Å². The van der Waals surface area contributed by atoms with E-state index in [0.29, 0.717) is 0 Å². The zero-order valence-corrected chi connectivity index (χ0v) is 25.0. The lowest BCUT2D eigenvalue weighted by molar-refractivity contribution is 0.314. The molecule has 0 spiro atoms. The van der Waals surface area contributed by atoms with Crippen LogP contribution in [0.15, 0.2) is 24.3 Å². The van der Waals surface area contributed by atoms with Crippen molar-refractivity contribution < 1.29 is 0 Å². The van der Waals surface area contributed by atoms with Gasteiger partial charge in [0, 0.05) is 0 Å². The van der Waals surface area contributed by atoms with Crippen molar-refractivity contribution >= 4 is 0 Å². The number of hydrogen-bond acceptors (Lipinski definition) is 1. The van der Waals surface area contributed by atoms with E-state index in [4.69, 9.17) is 0 Å². The Bertz CT molecular complexity index is 436. The molecule has 0 saturated heterocycles. The summed E-state index contributed by atoms with van der Waals surface area (Å²) in [6.07, 6.45) is 43.2. The topological polar surface area (TPSA) is 3.24 Å². The zero-order chi connectivity index (χ0) is 25.7. The molecule has 0 saturated carbocycles. The third-order valence-electron chi connectivity index (χ3n) is 7.51. The Kier molecular flexibility index (Phi) is 29.2. The highest BCUT2D eigenvalue weighted by Gasteiger charge is 2.09. The third kappa shape index (κ3) is 29.6. The maximum Gasteiger partial charge on any atom is -0.00222 e. The molecule has 0 rings (SSSR count). The summed E-state index contributed by atoms with van der Waals surface area (Å²) in [5.74, 6) is 0.968. The van der Waals surface area contributed by atoms with Crippen LogP contribution in [0.2, 0.25) is 0 Å². The van der Waals surface area contributed by atoms with Crippen LogP contribution in [0.1, 0.15) is 168 Å². The van der Waals surface area contributed by atoms with Crippen molar-refractivity contribution in [2.75, 3.05) is 20.6 Å². The van der Waals surface area contributed by atoms with E-state index in [2.05, 4.69) is 57.1 Å². The Hall–Kier alpha value is -0.560. The maximum atomic E-state index is 2.40. The second kappa shape index (κ2) is 29.7. The highest BCUT2D eigenvalue weighted by atomic mass is 15.0. The van der Waals surface area contributed by atoms with Crippen LogP contribution in [0, 0.1) is 5.92 Å². The fraction of sp³-hybridized carbons (Fsp3) is 0.882. The molecule has 1 unspecified atom stereocenters. The number of allylic oxidation sites excluding steroid dienone is 4. The van der Waals surface area contributed by atoms with Gasteiger partial charge in [-0.25, -0.2) is 0 Å². The highest BCUT2D eigenvalue weighted by molar-refractivity contribution is 4.92.